The number of hydrogen-bond donors (Lipinski definition) is 1. The van der Waals surface area contributed by atoms with Crippen molar-refractivity contribution in [1.29, 1.82) is 0 Å². The maximum absolute atomic E-state index is 6.02. The molecule has 0 fully saturated rings. The zero-order valence-corrected chi connectivity index (χ0v) is 8.84. The van der Waals surface area contributed by atoms with E-state index in [9.17, 15) is 0 Å². The molecule has 0 spiro atoms. The number of nitrogen functional groups attached to an aromatic ring is 1. The lowest BCUT2D eigenvalue weighted by molar-refractivity contribution is 0.581. The van der Waals surface area contributed by atoms with Crippen molar-refractivity contribution >= 4 is 11.5 Å². The summed E-state index contributed by atoms with van der Waals surface area (Å²) in [7, 11) is 0. The molecule has 0 bridgehead atoms. The lowest BCUT2D eigenvalue weighted by Crippen LogP contribution is -1.93. The number of rotatable bonds is 1. The van der Waals surface area contributed by atoms with Gasteiger partial charge in [0, 0.05) is 6.20 Å². The van der Waals surface area contributed by atoms with Crippen LogP contribution in [0, 0.1) is 6.92 Å². The molecule has 0 saturated carbocycles. The molecule has 0 aliphatic rings. The van der Waals surface area contributed by atoms with Gasteiger partial charge in [0.05, 0.1) is 6.26 Å². The number of nitrogens with two attached hydrogens (primary N) is 1. The monoisotopic (exact) mass is 213 g/mol. The van der Waals surface area contributed by atoms with Crippen molar-refractivity contribution in [3.05, 3.63) is 42.3 Å². The van der Waals surface area contributed by atoms with Crippen LogP contribution in [0.15, 0.2) is 41.1 Å². The Kier molecular flexibility index (Phi) is 1.77. The molecule has 80 valence electrons. The summed E-state index contributed by atoms with van der Waals surface area (Å²) in [6, 6.07) is 7.66. The highest BCUT2D eigenvalue weighted by molar-refractivity contribution is 5.71. The summed E-state index contributed by atoms with van der Waals surface area (Å²) in [5.41, 5.74) is 8.70. The van der Waals surface area contributed by atoms with Gasteiger partial charge in [0.25, 0.3) is 0 Å². The van der Waals surface area contributed by atoms with Gasteiger partial charge >= 0.3 is 0 Å². The highest BCUT2D eigenvalue weighted by atomic mass is 16.3. The average Bonchev–Trinajstić information content (AvgIpc) is 2.86. The quantitative estimate of drug-likeness (QED) is 0.675. The Hall–Kier alpha value is -2.23. The number of imidazole rings is 1. The first-order chi connectivity index (χ1) is 7.75. The second-order valence-corrected chi connectivity index (χ2v) is 3.76. The predicted molar refractivity (Wildman–Crippen MR) is 62.0 cm³/mol. The minimum Gasteiger partial charge on any atom is -0.463 e. The normalized spacial score (nSPS) is 11.1. The molecule has 0 radical (unpaired) electrons. The Morgan fingerprint density at radius 2 is 2.25 bits per heavy atom. The van der Waals surface area contributed by atoms with Gasteiger partial charge in [-0.2, -0.15) is 0 Å². The summed E-state index contributed by atoms with van der Waals surface area (Å²) in [4.78, 5) is 4.46. The van der Waals surface area contributed by atoms with Crippen molar-refractivity contribution in [2.24, 2.45) is 0 Å². The number of hydrogen-bond acceptors (Lipinski definition) is 3. The zero-order valence-electron chi connectivity index (χ0n) is 8.84. The molecule has 0 atom stereocenters. The first-order valence-electron chi connectivity index (χ1n) is 5.04. The van der Waals surface area contributed by atoms with E-state index in [1.54, 1.807) is 6.26 Å². The third-order valence-electron chi connectivity index (χ3n) is 2.57. The summed E-state index contributed by atoms with van der Waals surface area (Å²) >= 11 is 0. The molecule has 0 unspecified atom stereocenters. The summed E-state index contributed by atoms with van der Waals surface area (Å²) in [5.74, 6) is 1.30. The molecule has 0 aliphatic carbocycles. The van der Waals surface area contributed by atoms with Crippen molar-refractivity contribution in [3.8, 4) is 11.5 Å². The Morgan fingerprint density at radius 1 is 1.38 bits per heavy atom. The Labute approximate surface area is 92.3 Å². The largest absolute Gasteiger partial charge is 0.463 e. The Bertz CT molecular complexity index is 638. The summed E-state index contributed by atoms with van der Waals surface area (Å²) in [5, 5.41) is 0. The number of aryl methyl sites for hydroxylation is 1. The molecule has 4 nitrogen and oxygen atoms in total. The van der Waals surface area contributed by atoms with Crippen molar-refractivity contribution < 1.29 is 4.42 Å². The molecule has 0 aliphatic heterocycles. The van der Waals surface area contributed by atoms with Crippen LogP contribution in [-0.4, -0.2) is 9.38 Å². The molecule has 3 rings (SSSR count). The molecule has 2 N–H and O–H groups in total. The molecule has 4 heteroatoms. The van der Waals surface area contributed by atoms with E-state index in [4.69, 9.17) is 10.2 Å². The van der Waals surface area contributed by atoms with E-state index in [0.717, 1.165) is 11.2 Å². The van der Waals surface area contributed by atoms with E-state index in [1.165, 1.54) is 0 Å². The number of furan rings is 1. The van der Waals surface area contributed by atoms with Gasteiger partial charge in [0.15, 0.2) is 5.76 Å². The van der Waals surface area contributed by atoms with Gasteiger partial charge in [-0.25, -0.2) is 4.98 Å². The molecule has 0 saturated heterocycles. The molecule has 3 aromatic rings. The van der Waals surface area contributed by atoms with Crippen molar-refractivity contribution in [1.82, 2.24) is 9.38 Å². The fraction of sp³-hybridized carbons (Fsp3) is 0.0833. The van der Waals surface area contributed by atoms with Crippen LogP contribution in [0.5, 0.6) is 0 Å². The second-order valence-electron chi connectivity index (χ2n) is 3.76. The predicted octanol–water partition coefficient (Wildman–Crippen LogP) is 2.48. The maximum Gasteiger partial charge on any atom is 0.156 e. The van der Waals surface area contributed by atoms with Gasteiger partial charge < -0.3 is 10.2 Å². The number of fused-ring (bicyclic) bond motifs is 1. The highest BCUT2D eigenvalue weighted by Gasteiger charge is 2.12. The molecular weight excluding hydrogens is 202 g/mol. The molecule has 16 heavy (non-hydrogen) atoms. The van der Waals surface area contributed by atoms with Crippen LogP contribution in [-0.2, 0) is 0 Å². The van der Waals surface area contributed by atoms with Crippen molar-refractivity contribution in [3.63, 3.8) is 0 Å². The van der Waals surface area contributed by atoms with E-state index < -0.39 is 0 Å². The van der Waals surface area contributed by atoms with E-state index in [-0.39, 0.29) is 0 Å². The topological polar surface area (TPSA) is 56.5 Å². The average molecular weight is 213 g/mol. The first-order valence-corrected chi connectivity index (χ1v) is 5.04. The van der Waals surface area contributed by atoms with E-state index >= 15 is 0 Å². The third kappa shape index (κ3) is 1.20. The number of aromatic nitrogens is 2. The molecular formula is C12H11N3O. The SMILES string of the molecule is Cc1ccn2c(N)c(-c3ccco3)nc2c1. The minimum absolute atomic E-state index is 0.602. The smallest absolute Gasteiger partial charge is 0.156 e. The lowest BCUT2D eigenvalue weighted by Gasteiger charge is -1.96. The summed E-state index contributed by atoms with van der Waals surface area (Å²) < 4.78 is 7.16. The Balaban J connectivity index is 2.31. The standard InChI is InChI=1S/C12H11N3O/c1-8-4-5-15-10(7-8)14-11(12(15)13)9-3-2-6-16-9/h2-7H,13H2,1H3. The summed E-state index contributed by atoms with van der Waals surface area (Å²) in [6.45, 7) is 2.03. The highest BCUT2D eigenvalue weighted by Crippen LogP contribution is 2.26. The molecule has 0 aromatic carbocycles. The van der Waals surface area contributed by atoms with Gasteiger partial charge in [-0.05, 0) is 36.8 Å². The molecule has 0 amide bonds. The van der Waals surface area contributed by atoms with Crippen LogP contribution < -0.4 is 5.73 Å². The van der Waals surface area contributed by atoms with Crippen LogP contribution in [0.25, 0.3) is 17.1 Å². The van der Waals surface area contributed by atoms with Crippen molar-refractivity contribution in [2.75, 3.05) is 5.73 Å². The lowest BCUT2D eigenvalue weighted by atomic mass is 10.3. The van der Waals surface area contributed by atoms with Gasteiger partial charge in [-0.1, -0.05) is 0 Å². The minimum atomic E-state index is 0.602. The van der Waals surface area contributed by atoms with Gasteiger partial charge in [-0.15, -0.1) is 0 Å². The zero-order chi connectivity index (χ0) is 11.1. The third-order valence-corrected chi connectivity index (χ3v) is 2.57. The van der Waals surface area contributed by atoms with Crippen LogP contribution in [0.3, 0.4) is 0 Å². The second kappa shape index (κ2) is 3.13. The summed E-state index contributed by atoms with van der Waals surface area (Å²) in [6.07, 6.45) is 3.53. The number of anilines is 1. The van der Waals surface area contributed by atoms with E-state index in [2.05, 4.69) is 4.98 Å². The number of nitrogens with zero attached hydrogens (tertiary/aromatic N) is 2. The van der Waals surface area contributed by atoms with Crippen LogP contribution >= 0.6 is 0 Å². The van der Waals surface area contributed by atoms with E-state index in [0.29, 0.717) is 17.3 Å². The fourth-order valence-electron chi connectivity index (χ4n) is 1.76. The van der Waals surface area contributed by atoms with Gasteiger partial charge in [0.1, 0.15) is 17.2 Å². The first kappa shape index (κ1) is 9.03. The van der Waals surface area contributed by atoms with Gasteiger partial charge in [0.2, 0.25) is 0 Å². The van der Waals surface area contributed by atoms with Crippen LogP contribution in [0.1, 0.15) is 5.56 Å². The maximum atomic E-state index is 6.02. The van der Waals surface area contributed by atoms with Crippen LogP contribution in [0.2, 0.25) is 0 Å². The van der Waals surface area contributed by atoms with Crippen LogP contribution in [0.4, 0.5) is 5.82 Å². The molecule has 3 heterocycles. The van der Waals surface area contributed by atoms with Gasteiger partial charge in [-0.3, -0.25) is 4.40 Å². The fourth-order valence-corrected chi connectivity index (χ4v) is 1.76. The van der Waals surface area contributed by atoms with Crippen molar-refractivity contribution in [2.45, 2.75) is 6.92 Å². The van der Waals surface area contributed by atoms with E-state index in [1.807, 2.05) is 41.8 Å². The molecule has 3 aromatic heterocycles. The number of pyridine rings is 1. The Morgan fingerprint density at radius 3 is 3.00 bits per heavy atom.